The van der Waals surface area contributed by atoms with Gasteiger partial charge in [-0.25, -0.2) is 0 Å². The van der Waals surface area contributed by atoms with Crippen LogP contribution in [-0.2, 0) is 11.2 Å². The van der Waals surface area contributed by atoms with Crippen LogP contribution in [-0.4, -0.2) is 35.9 Å². The van der Waals surface area contributed by atoms with Gasteiger partial charge in [-0.2, -0.15) is 26.3 Å². The number of ketones is 1. The van der Waals surface area contributed by atoms with Gasteiger partial charge < -0.3 is 9.90 Å². The fraction of sp³-hybridized carbons (Fsp3) is 0.160. The predicted molar refractivity (Wildman–Crippen MR) is 115 cm³/mol. The van der Waals surface area contributed by atoms with E-state index in [1.54, 1.807) is 42.5 Å². The average molecular weight is 534 g/mol. The van der Waals surface area contributed by atoms with Crippen LogP contribution in [0.1, 0.15) is 21.5 Å². The maximum atomic E-state index is 13.2. The van der Waals surface area contributed by atoms with Gasteiger partial charge in [-0.3, -0.25) is 9.79 Å². The number of carboxylic acids is 1. The van der Waals surface area contributed by atoms with Crippen LogP contribution >= 0.6 is 0 Å². The molecule has 0 heterocycles. The molecule has 0 spiro atoms. The number of Topliss-reactive ketones (excluding diaryl/α,β-unsaturated/α-hetero) is 1. The van der Waals surface area contributed by atoms with E-state index in [1.807, 2.05) is 0 Å². The maximum Gasteiger partial charge on any atom is 1.00 e. The first-order valence-electron chi connectivity index (χ1n) is 10.0. The minimum Gasteiger partial charge on any atom is -0.548 e. The van der Waals surface area contributed by atoms with Crippen molar-refractivity contribution in [1.82, 2.24) is 0 Å². The first-order valence-corrected chi connectivity index (χ1v) is 10.0. The van der Waals surface area contributed by atoms with Gasteiger partial charge in [-0.15, -0.1) is 0 Å². The largest absolute Gasteiger partial charge is 1.00 e. The molecule has 11 heteroatoms. The molecule has 3 aromatic carbocycles. The number of alkyl halides is 6. The van der Waals surface area contributed by atoms with Gasteiger partial charge in [0, 0.05) is 17.5 Å². The van der Waals surface area contributed by atoms with Gasteiger partial charge in [-0.1, -0.05) is 91.0 Å². The number of halogens is 6. The van der Waals surface area contributed by atoms with E-state index in [2.05, 4.69) is 4.99 Å². The minimum absolute atomic E-state index is 0. The maximum absolute atomic E-state index is 13.2. The number of rotatable bonds is 6. The quantitative estimate of drug-likeness (QED) is 0.210. The van der Waals surface area contributed by atoms with Crippen LogP contribution < -0.4 is 56.5 Å². The number of carbonyl (C=O) groups excluding carboxylic acids is 2. The Morgan fingerprint density at radius 3 is 1.50 bits per heavy atom. The Bertz CT molecular complexity index is 1140. The van der Waals surface area contributed by atoms with Crippen LogP contribution in [0.4, 0.5) is 26.3 Å². The second-order valence-electron chi connectivity index (χ2n) is 7.06. The zero-order chi connectivity index (χ0) is 26.1. The smallest absolute Gasteiger partial charge is 0.548 e. The monoisotopic (exact) mass is 533 g/mol. The third-order valence-corrected chi connectivity index (χ3v) is 4.44. The Morgan fingerprint density at radius 2 is 1.11 bits per heavy atom. The van der Waals surface area contributed by atoms with E-state index >= 15 is 0 Å². The number of hydrogen-bond donors (Lipinski definition) is 0. The second kappa shape index (κ2) is 14.4. The molecule has 0 saturated heterocycles. The topological polar surface area (TPSA) is 69.6 Å². The molecule has 0 aliphatic carbocycles. The molecule has 0 N–H and O–H groups in total. The number of hydrogen-bond acceptors (Lipinski definition) is 4. The molecule has 0 aliphatic heterocycles. The SMILES string of the molecule is O=C([O-])[C@H](Cc1ccccc1)N=C(c1ccccc1)C(F)(F)F.O=C(c1ccccc1)C(F)(F)F.[K+]. The Labute approximate surface area is 245 Å². The normalized spacial score (nSPS) is 12.4. The summed E-state index contributed by atoms with van der Waals surface area (Å²) in [6.07, 6.45) is -9.71. The molecule has 36 heavy (non-hydrogen) atoms. The molecule has 0 aliphatic rings. The average Bonchev–Trinajstić information content (AvgIpc) is 2.82. The molecule has 0 unspecified atom stereocenters. The number of carboxylic acid groups (broad SMARTS) is 1. The molecule has 0 amide bonds. The number of aliphatic carboxylic acids is 1. The molecule has 3 rings (SSSR count). The summed E-state index contributed by atoms with van der Waals surface area (Å²) in [6, 6.07) is 20.2. The Hall–Kier alpha value is -2.31. The van der Waals surface area contributed by atoms with Crippen LogP contribution in [0.5, 0.6) is 0 Å². The predicted octanol–water partition coefficient (Wildman–Crippen LogP) is 1.83. The third kappa shape index (κ3) is 10.4. The van der Waals surface area contributed by atoms with Gasteiger partial charge in [0.1, 0.15) is 5.71 Å². The summed E-state index contributed by atoms with van der Waals surface area (Å²) in [5.41, 5.74) is -1.16. The van der Waals surface area contributed by atoms with E-state index in [0.29, 0.717) is 5.56 Å². The van der Waals surface area contributed by atoms with Gasteiger partial charge in [0.2, 0.25) is 0 Å². The summed E-state index contributed by atoms with van der Waals surface area (Å²) in [4.78, 5) is 25.2. The van der Waals surface area contributed by atoms with Crippen molar-refractivity contribution in [2.24, 2.45) is 4.99 Å². The van der Waals surface area contributed by atoms with Crippen molar-refractivity contribution in [3.8, 4) is 0 Å². The van der Waals surface area contributed by atoms with Crippen molar-refractivity contribution < 1.29 is 92.4 Å². The Morgan fingerprint density at radius 1 is 0.694 bits per heavy atom. The second-order valence-corrected chi connectivity index (χ2v) is 7.06. The summed E-state index contributed by atoms with van der Waals surface area (Å²) in [7, 11) is 0. The van der Waals surface area contributed by atoms with Crippen molar-refractivity contribution in [1.29, 1.82) is 0 Å². The number of carbonyl (C=O) groups is 2. The standard InChI is InChI=1S/C17H14F3NO2.C8H5F3O.K/c18-17(19,20)15(13-9-5-2-6-10-13)21-14(16(22)23)11-12-7-3-1-4-8-12;9-8(10,11)7(12)6-4-2-1-3-5-6;/h1-10,14H,11H2,(H,22,23);1-5H;/q;;+1/p-1/t14-;;/m0../s1. The van der Waals surface area contributed by atoms with Crippen LogP contribution in [0.25, 0.3) is 0 Å². The summed E-state index contributed by atoms with van der Waals surface area (Å²) in [6.45, 7) is 0. The van der Waals surface area contributed by atoms with Gasteiger partial charge in [0.05, 0.1) is 12.0 Å². The van der Waals surface area contributed by atoms with Crippen molar-refractivity contribution in [2.45, 2.75) is 24.8 Å². The molecule has 0 saturated carbocycles. The third-order valence-electron chi connectivity index (χ3n) is 4.44. The zero-order valence-electron chi connectivity index (χ0n) is 18.9. The van der Waals surface area contributed by atoms with Crippen molar-refractivity contribution >= 4 is 17.5 Å². The zero-order valence-corrected chi connectivity index (χ0v) is 22.0. The van der Waals surface area contributed by atoms with Gasteiger partial charge in [0.15, 0.2) is 0 Å². The van der Waals surface area contributed by atoms with Crippen LogP contribution in [0.2, 0.25) is 0 Å². The van der Waals surface area contributed by atoms with Crippen LogP contribution in [0.3, 0.4) is 0 Å². The molecular weight excluding hydrogens is 515 g/mol. The van der Waals surface area contributed by atoms with Gasteiger partial charge in [0.25, 0.3) is 5.78 Å². The molecule has 0 aromatic heterocycles. The number of nitrogens with zero attached hydrogens (tertiary/aromatic N) is 1. The molecule has 0 fully saturated rings. The van der Waals surface area contributed by atoms with Crippen LogP contribution in [0, 0.1) is 0 Å². The van der Waals surface area contributed by atoms with Crippen molar-refractivity contribution in [3.63, 3.8) is 0 Å². The van der Waals surface area contributed by atoms with Gasteiger partial charge in [-0.05, 0) is 5.56 Å². The fourth-order valence-electron chi connectivity index (χ4n) is 2.84. The molecule has 4 nitrogen and oxygen atoms in total. The molecule has 0 radical (unpaired) electrons. The van der Waals surface area contributed by atoms with E-state index in [0.717, 1.165) is 12.1 Å². The van der Waals surface area contributed by atoms with E-state index in [9.17, 15) is 41.0 Å². The minimum atomic E-state index is -4.78. The van der Waals surface area contributed by atoms with Gasteiger partial charge >= 0.3 is 63.7 Å². The Kier molecular flexibility index (Phi) is 12.7. The first-order chi connectivity index (χ1) is 16.4. The molecule has 184 valence electrons. The van der Waals surface area contributed by atoms with Crippen molar-refractivity contribution in [3.05, 3.63) is 108 Å². The summed E-state index contributed by atoms with van der Waals surface area (Å²) < 4.78 is 75.0. The number of aliphatic imine (C=N–C) groups is 1. The van der Waals surface area contributed by atoms with E-state index < -0.39 is 35.9 Å². The molecule has 0 bridgehead atoms. The van der Waals surface area contributed by atoms with E-state index in [4.69, 9.17) is 0 Å². The summed E-state index contributed by atoms with van der Waals surface area (Å²) in [5.74, 6) is -3.45. The van der Waals surface area contributed by atoms with E-state index in [-0.39, 0.29) is 68.9 Å². The fourth-order valence-corrected chi connectivity index (χ4v) is 2.84. The van der Waals surface area contributed by atoms with Crippen LogP contribution in [0.15, 0.2) is 96.0 Å². The Balaban J connectivity index is 0.000000422. The molecule has 1 atom stereocenters. The number of benzene rings is 3. The van der Waals surface area contributed by atoms with E-state index in [1.165, 1.54) is 36.4 Å². The molecule has 3 aromatic rings. The first kappa shape index (κ1) is 31.7. The van der Waals surface area contributed by atoms with Crippen molar-refractivity contribution in [2.75, 3.05) is 0 Å². The summed E-state index contributed by atoms with van der Waals surface area (Å²) >= 11 is 0. The molecular formula is C25H18F6KNO3. The summed E-state index contributed by atoms with van der Waals surface area (Å²) in [5, 5.41) is 11.2.